The number of aromatic nitrogens is 2. The molecule has 21 heavy (non-hydrogen) atoms. The van der Waals surface area contributed by atoms with Crippen LogP contribution in [0, 0.1) is 0 Å². The number of carbonyl (C=O) groups is 1. The molecule has 0 unspecified atom stereocenters. The number of aliphatic imine (C=N–C) groups is 1. The van der Waals surface area contributed by atoms with Gasteiger partial charge in [0.25, 0.3) is 5.91 Å². The highest BCUT2D eigenvalue weighted by molar-refractivity contribution is 6.19. The van der Waals surface area contributed by atoms with Crippen molar-refractivity contribution in [3.8, 4) is 0 Å². The first kappa shape index (κ1) is 11.7. The minimum absolute atomic E-state index is 0.250. The topological polar surface area (TPSA) is 83.3 Å². The van der Waals surface area contributed by atoms with Gasteiger partial charge in [-0.1, -0.05) is 0 Å². The molecule has 1 amide bonds. The number of amidine groups is 1. The molecule has 0 aromatic carbocycles. The number of rotatable bonds is 2. The van der Waals surface area contributed by atoms with E-state index in [1.54, 1.807) is 30.6 Å². The lowest BCUT2D eigenvalue weighted by Crippen LogP contribution is -2.24. The Kier molecular flexibility index (Phi) is 2.47. The van der Waals surface area contributed by atoms with E-state index in [0.29, 0.717) is 17.3 Å². The number of furan rings is 1. The second kappa shape index (κ2) is 4.45. The maximum Gasteiger partial charge on any atom is 0.275 e. The maximum atomic E-state index is 12.0. The summed E-state index contributed by atoms with van der Waals surface area (Å²) < 4.78 is 5.23. The highest BCUT2D eigenvalue weighted by Gasteiger charge is 2.23. The molecule has 2 N–H and O–H groups in total. The number of hydrogen-bond acceptors (Lipinski definition) is 4. The average molecular weight is 278 g/mol. The van der Waals surface area contributed by atoms with E-state index < -0.39 is 0 Å². The lowest BCUT2D eigenvalue weighted by atomic mass is 10.2. The Bertz CT molecular complexity index is 887. The Morgan fingerprint density at radius 2 is 2.19 bits per heavy atom. The zero-order chi connectivity index (χ0) is 14.2. The van der Waals surface area contributed by atoms with Crippen LogP contribution in [0.1, 0.15) is 11.3 Å². The first-order valence-corrected chi connectivity index (χ1v) is 6.39. The molecule has 6 nitrogen and oxygen atoms in total. The predicted octanol–water partition coefficient (Wildman–Crippen LogP) is 2.07. The number of carbonyl (C=O) groups excluding carboxylic acids is 1. The van der Waals surface area contributed by atoms with Gasteiger partial charge >= 0.3 is 0 Å². The van der Waals surface area contributed by atoms with E-state index in [2.05, 4.69) is 20.3 Å². The molecule has 4 rings (SSSR count). The molecule has 1 aliphatic heterocycles. The van der Waals surface area contributed by atoms with Gasteiger partial charge in [0, 0.05) is 23.3 Å². The number of nitrogens with zero attached hydrogens (tertiary/aromatic N) is 2. The van der Waals surface area contributed by atoms with Gasteiger partial charge in [0.15, 0.2) is 11.6 Å². The third-order valence-corrected chi connectivity index (χ3v) is 3.23. The lowest BCUT2D eigenvalue weighted by molar-refractivity contribution is -0.115. The van der Waals surface area contributed by atoms with Crippen LogP contribution >= 0.6 is 0 Å². The molecule has 0 radical (unpaired) electrons. The molecule has 0 aliphatic carbocycles. The smallest absolute Gasteiger partial charge is 0.275 e. The fraction of sp³-hybridized carbons (Fsp3) is 0. The van der Waals surface area contributed by atoms with Gasteiger partial charge in [-0.3, -0.25) is 4.79 Å². The third-order valence-electron chi connectivity index (χ3n) is 3.23. The van der Waals surface area contributed by atoms with E-state index in [-0.39, 0.29) is 5.91 Å². The van der Waals surface area contributed by atoms with Crippen LogP contribution in [0.25, 0.3) is 17.1 Å². The molecule has 6 heteroatoms. The summed E-state index contributed by atoms with van der Waals surface area (Å²) in [7, 11) is 0. The molecule has 1 aliphatic rings. The molecule has 0 fully saturated rings. The molecular weight excluding hydrogens is 268 g/mol. The Morgan fingerprint density at radius 3 is 3.05 bits per heavy atom. The van der Waals surface area contributed by atoms with Crippen LogP contribution < -0.4 is 5.32 Å². The minimum Gasteiger partial charge on any atom is -0.461 e. The molecule has 0 saturated carbocycles. The van der Waals surface area contributed by atoms with Gasteiger partial charge in [-0.2, -0.15) is 0 Å². The summed E-state index contributed by atoms with van der Waals surface area (Å²) in [5.74, 6) is 0.709. The van der Waals surface area contributed by atoms with Gasteiger partial charge < -0.3 is 14.7 Å². The highest BCUT2D eigenvalue weighted by atomic mass is 16.3. The monoisotopic (exact) mass is 278 g/mol. The van der Waals surface area contributed by atoms with Crippen molar-refractivity contribution in [1.29, 1.82) is 0 Å². The average Bonchev–Trinajstić information content (AvgIpc) is 3.21. The second-order valence-electron chi connectivity index (χ2n) is 4.57. The zero-order valence-corrected chi connectivity index (χ0v) is 10.8. The van der Waals surface area contributed by atoms with Gasteiger partial charge in [0.05, 0.1) is 6.26 Å². The molecular formula is C15H10N4O2. The predicted molar refractivity (Wildman–Crippen MR) is 77.5 cm³/mol. The van der Waals surface area contributed by atoms with Crippen LogP contribution in [-0.2, 0) is 4.79 Å². The van der Waals surface area contributed by atoms with Gasteiger partial charge in [0.1, 0.15) is 11.3 Å². The van der Waals surface area contributed by atoms with Crippen molar-refractivity contribution < 1.29 is 9.21 Å². The summed E-state index contributed by atoms with van der Waals surface area (Å²) in [4.78, 5) is 23.5. The van der Waals surface area contributed by atoms with E-state index >= 15 is 0 Å². The lowest BCUT2D eigenvalue weighted by Gasteiger charge is -1.93. The number of pyridine rings is 1. The van der Waals surface area contributed by atoms with Crippen LogP contribution in [0.3, 0.4) is 0 Å². The molecule has 0 atom stereocenters. The summed E-state index contributed by atoms with van der Waals surface area (Å²) >= 11 is 0. The van der Waals surface area contributed by atoms with E-state index in [4.69, 9.17) is 4.42 Å². The number of fused-ring (bicyclic) bond motifs is 1. The number of nitrogens with one attached hydrogen (secondary N) is 2. The Labute approximate surface area is 119 Å². The van der Waals surface area contributed by atoms with Gasteiger partial charge in [-0.05, 0) is 30.3 Å². The quantitative estimate of drug-likeness (QED) is 0.704. The third kappa shape index (κ3) is 1.93. The zero-order valence-electron chi connectivity index (χ0n) is 10.8. The molecule has 0 bridgehead atoms. The van der Waals surface area contributed by atoms with Crippen molar-refractivity contribution in [3.05, 3.63) is 59.9 Å². The first-order valence-electron chi connectivity index (χ1n) is 6.39. The van der Waals surface area contributed by atoms with Gasteiger partial charge in [0.2, 0.25) is 0 Å². The maximum absolute atomic E-state index is 12.0. The van der Waals surface area contributed by atoms with Crippen LogP contribution in [-0.4, -0.2) is 21.7 Å². The molecule has 4 heterocycles. The molecule has 0 saturated heterocycles. The normalized spacial score (nSPS) is 16.5. The van der Waals surface area contributed by atoms with Crippen molar-refractivity contribution in [2.45, 2.75) is 0 Å². The Morgan fingerprint density at radius 1 is 1.24 bits per heavy atom. The fourth-order valence-electron chi connectivity index (χ4n) is 2.24. The number of H-pyrrole nitrogens is 1. The van der Waals surface area contributed by atoms with E-state index in [0.717, 1.165) is 16.6 Å². The van der Waals surface area contributed by atoms with Crippen molar-refractivity contribution in [1.82, 2.24) is 15.3 Å². The summed E-state index contributed by atoms with van der Waals surface area (Å²) in [6, 6.07) is 7.29. The summed E-state index contributed by atoms with van der Waals surface area (Å²) in [5, 5.41) is 3.63. The number of hydrogen-bond donors (Lipinski definition) is 2. The van der Waals surface area contributed by atoms with Gasteiger partial charge in [-0.25, -0.2) is 9.98 Å². The second-order valence-corrected chi connectivity index (χ2v) is 4.57. The molecule has 3 aromatic heterocycles. The molecule has 102 valence electrons. The van der Waals surface area contributed by atoms with Crippen molar-refractivity contribution >= 4 is 28.9 Å². The van der Waals surface area contributed by atoms with Crippen molar-refractivity contribution in [3.63, 3.8) is 0 Å². The first-order chi connectivity index (χ1) is 10.3. The minimum atomic E-state index is -0.250. The van der Waals surface area contributed by atoms with Crippen LogP contribution in [0.4, 0.5) is 0 Å². The summed E-state index contributed by atoms with van der Waals surface area (Å²) in [5.41, 5.74) is 1.98. The Balaban J connectivity index is 1.77. The Hall–Kier alpha value is -3.15. The van der Waals surface area contributed by atoms with Crippen molar-refractivity contribution in [2.24, 2.45) is 4.99 Å². The molecule has 3 aromatic rings. The van der Waals surface area contributed by atoms with Crippen LogP contribution in [0.5, 0.6) is 0 Å². The largest absolute Gasteiger partial charge is 0.461 e. The standard InChI is InChI=1S/C15H10N4O2/c20-15-11(18-14(19-15)12-4-2-6-21-12)7-9-8-17-13-10(9)3-1-5-16-13/h1-8H,(H,16,17)(H,18,19,20). The summed E-state index contributed by atoms with van der Waals surface area (Å²) in [6.07, 6.45) is 6.78. The number of amides is 1. The van der Waals surface area contributed by atoms with Crippen molar-refractivity contribution in [2.75, 3.05) is 0 Å². The van der Waals surface area contributed by atoms with E-state index in [1.165, 1.54) is 6.26 Å². The van der Waals surface area contributed by atoms with E-state index in [9.17, 15) is 4.79 Å². The SMILES string of the molecule is O=C1NC(c2ccco2)=NC1=Cc1c[nH]c2ncccc12. The van der Waals surface area contributed by atoms with Crippen LogP contribution in [0.2, 0.25) is 0 Å². The van der Waals surface area contributed by atoms with Gasteiger partial charge in [-0.15, -0.1) is 0 Å². The van der Waals surface area contributed by atoms with E-state index in [1.807, 2.05) is 12.1 Å². The summed E-state index contributed by atoms with van der Waals surface area (Å²) in [6.45, 7) is 0. The highest BCUT2D eigenvalue weighted by Crippen LogP contribution is 2.21. The van der Waals surface area contributed by atoms with Crippen LogP contribution in [0.15, 0.2) is 58.0 Å². The molecule has 0 spiro atoms. The fourth-order valence-corrected chi connectivity index (χ4v) is 2.24. The number of aromatic amines is 1.